The average Bonchev–Trinajstić information content (AvgIpc) is 2.46. The lowest BCUT2D eigenvalue weighted by molar-refractivity contribution is 0.0721. The molecular weight excluding hydrogens is 256 g/mol. The van der Waals surface area contributed by atoms with Gasteiger partial charge in [0.2, 0.25) is 0 Å². The van der Waals surface area contributed by atoms with Crippen molar-refractivity contribution in [3.63, 3.8) is 0 Å². The highest BCUT2D eigenvalue weighted by atomic mass is 35.5. The maximum absolute atomic E-state index is 6.16. The zero-order chi connectivity index (χ0) is 14.1. The van der Waals surface area contributed by atoms with Gasteiger partial charge >= 0.3 is 0 Å². The predicted octanol–water partition coefficient (Wildman–Crippen LogP) is 5.27. The fraction of sp³-hybridized carbons (Fsp3) is 0.647. The molecule has 0 aliphatic heterocycles. The molecule has 0 heterocycles. The van der Waals surface area contributed by atoms with Crippen molar-refractivity contribution < 1.29 is 4.74 Å². The van der Waals surface area contributed by atoms with Crippen LogP contribution in [-0.2, 0) is 11.3 Å². The molecule has 0 fully saturated rings. The highest BCUT2D eigenvalue weighted by molar-refractivity contribution is 6.18. The van der Waals surface area contributed by atoms with Crippen LogP contribution < -0.4 is 0 Å². The van der Waals surface area contributed by atoms with Crippen molar-refractivity contribution in [2.24, 2.45) is 11.3 Å². The Kier molecular flexibility index (Phi) is 7.48. The summed E-state index contributed by atoms with van der Waals surface area (Å²) in [6, 6.07) is 10.3. The summed E-state index contributed by atoms with van der Waals surface area (Å²) in [4.78, 5) is 0. The van der Waals surface area contributed by atoms with Crippen molar-refractivity contribution in [1.29, 1.82) is 0 Å². The lowest BCUT2D eigenvalue weighted by Gasteiger charge is -2.32. The SMILES string of the molecule is CCC(CC)(CCl)CC(C)COCc1ccccc1. The van der Waals surface area contributed by atoms with E-state index in [9.17, 15) is 0 Å². The summed E-state index contributed by atoms with van der Waals surface area (Å²) >= 11 is 6.16. The van der Waals surface area contributed by atoms with E-state index in [0.29, 0.717) is 12.5 Å². The van der Waals surface area contributed by atoms with Crippen molar-refractivity contribution >= 4 is 11.6 Å². The van der Waals surface area contributed by atoms with E-state index in [-0.39, 0.29) is 5.41 Å². The molecule has 0 radical (unpaired) electrons. The van der Waals surface area contributed by atoms with E-state index in [1.54, 1.807) is 0 Å². The van der Waals surface area contributed by atoms with E-state index in [2.05, 4.69) is 45.0 Å². The summed E-state index contributed by atoms with van der Waals surface area (Å²) in [5.41, 5.74) is 1.53. The summed E-state index contributed by atoms with van der Waals surface area (Å²) in [6.45, 7) is 8.26. The first-order chi connectivity index (χ1) is 9.15. The monoisotopic (exact) mass is 282 g/mol. The Hall–Kier alpha value is -0.530. The van der Waals surface area contributed by atoms with Crippen molar-refractivity contribution in [3.8, 4) is 0 Å². The summed E-state index contributed by atoms with van der Waals surface area (Å²) in [5.74, 6) is 1.31. The molecule has 1 atom stereocenters. The Balaban J connectivity index is 2.33. The van der Waals surface area contributed by atoms with Gasteiger partial charge in [-0.05, 0) is 36.2 Å². The molecule has 0 spiro atoms. The third-order valence-electron chi connectivity index (χ3n) is 4.08. The van der Waals surface area contributed by atoms with Gasteiger partial charge in [-0.3, -0.25) is 0 Å². The topological polar surface area (TPSA) is 9.23 Å². The molecule has 19 heavy (non-hydrogen) atoms. The second-order valence-corrected chi connectivity index (χ2v) is 5.92. The van der Waals surface area contributed by atoms with Crippen molar-refractivity contribution in [1.82, 2.24) is 0 Å². The molecule has 1 unspecified atom stereocenters. The van der Waals surface area contributed by atoms with Crippen LogP contribution in [0, 0.1) is 11.3 Å². The first-order valence-electron chi connectivity index (χ1n) is 7.33. The maximum Gasteiger partial charge on any atom is 0.0717 e. The molecule has 108 valence electrons. The highest BCUT2D eigenvalue weighted by Crippen LogP contribution is 2.35. The van der Waals surface area contributed by atoms with Gasteiger partial charge in [-0.2, -0.15) is 0 Å². The van der Waals surface area contributed by atoms with Gasteiger partial charge in [0.15, 0.2) is 0 Å². The molecule has 0 aliphatic carbocycles. The minimum absolute atomic E-state index is 0.289. The fourth-order valence-electron chi connectivity index (χ4n) is 2.53. The zero-order valence-electron chi connectivity index (χ0n) is 12.5. The molecule has 1 aromatic carbocycles. The Morgan fingerprint density at radius 1 is 1.16 bits per heavy atom. The largest absolute Gasteiger partial charge is 0.376 e. The summed E-state index contributed by atoms with van der Waals surface area (Å²) in [6.07, 6.45) is 3.45. The number of hydrogen-bond donors (Lipinski definition) is 0. The molecule has 0 bridgehead atoms. The average molecular weight is 283 g/mol. The number of halogens is 1. The molecule has 2 heteroatoms. The van der Waals surface area contributed by atoms with E-state index < -0.39 is 0 Å². The summed E-state index contributed by atoms with van der Waals surface area (Å²) in [7, 11) is 0. The van der Waals surface area contributed by atoms with E-state index in [1.165, 1.54) is 5.56 Å². The molecule has 0 aliphatic rings. The van der Waals surface area contributed by atoms with Gasteiger partial charge in [0, 0.05) is 12.5 Å². The number of alkyl halides is 1. The first kappa shape index (κ1) is 16.5. The maximum atomic E-state index is 6.16. The molecular formula is C17H27ClO. The Morgan fingerprint density at radius 2 is 1.79 bits per heavy atom. The van der Waals surface area contributed by atoms with E-state index in [1.807, 2.05) is 6.07 Å². The molecule has 1 nitrogen and oxygen atoms in total. The van der Waals surface area contributed by atoms with Crippen LogP contribution in [0.5, 0.6) is 0 Å². The van der Waals surface area contributed by atoms with Crippen LogP contribution in [0.15, 0.2) is 30.3 Å². The Bertz CT molecular complexity index is 324. The predicted molar refractivity (Wildman–Crippen MR) is 83.6 cm³/mol. The van der Waals surface area contributed by atoms with E-state index >= 15 is 0 Å². The van der Waals surface area contributed by atoms with Crippen LogP contribution in [0.1, 0.15) is 45.6 Å². The number of ether oxygens (including phenoxy) is 1. The second-order valence-electron chi connectivity index (χ2n) is 5.65. The van der Waals surface area contributed by atoms with Gasteiger partial charge < -0.3 is 4.74 Å². The van der Waals surface area contributed by atoms with Gasteiger partial charge in [-0.1, -0.05) is 51.1 Å². The van der Waals surface area contributed by atoms with Crippen molar-refractivity contribution in [2.75, 3.05) is 12.5 Å². The summed E-state index contributed by atoms with van der Waals surface area (Å²) < 4.78 is 5.82. The van der Waals surface area contributed by atoms with Crippen LogP contribution >= 0.6 is 11.6 Å². The molecule has 0 saturated carbocycles. The first-order valence-corrected chi connectivity index (χ1v) is 7.87. The van der Waals surface area contributed by atoms with E-state index in [0.717, 1.165) is 31.7 Å². The van der Waals surface area contributed by atoms with Crippen LogP contribution in [0.25, 0.3) is 0 Å². The standard InChI is InChI=1S/C17H27ClO/c1-4-17(5-2,14-18)11-15(3)12-19-13-16-9-7-6-8-10-16/h6-10,15H,4-5,11-14H2,1-3H3. The van der Waals surface area contributed by atoms with Crippen LogP contribution in [0.2, 0.25) is 0 Å². The molecule has 0 N–H and O–H groups in total. The van der Waals surface area contributed by atoms with Gasteiger partial charge in [-0.15, -0.1) is 11.6 Å². The van der Waals surface area contributed by atoms with Crippen LogP contribution in [0.3, 0.4) is 0 Å². The Morgan fingerprint density at radius 3 is 2.32 bits per heavy atom. The minimum Gasteiger partial charge on any atom is -0.376 e. The number of rotatable bonds is 9. The van der Waals surface area contributed by atoms with E-state index in [4.69, 9.17) is 16.3 Å². The highest BCUT2D eigenvalue weighted by Gasteiger charge is 2.27. The van der Waals surface area contributed by atoms with Crippen molar-refractivity contribution in [2.45, 2.75) is 46.6 Å². The molecule has 0 amide bonds. The summed E-state index contributed by atoms with van der Waals surface area (Å²) in [5, 5.41) is 0. The minimum atomic E-state index is 0.289. The second kappa shape index (κ2) is 8.60. The molecule has 0 saturated heterocycles. The van der Waals surface area contributed by atoms with Crippen LogP contribution in [-0.4, -0.2) is 12.5 Å². The zero-order valence-corrected chi connectivity index (χ0v) is 13.2. The number of hydrogen-bond acceptors (Lipinski definition) is 1. The third-order valence-corrected chi connectivity index (χ3v) is 4.65. The smallest absolute Gasteiger partial charge is 0.0717 e. The lowest BCUT2D eigenvalue weighted by atomic mass is 9.77. The molecule has 0 aromatic heterocycles. The van der Waals surface area contributed by atoms with Gasteiger partial charge in [-0.25, -0.2) is 0 Å². The fourth-order valence-corrected chi connectivity index (χ4v) is 3.02. The molecule has 1 rings (SSSR count). The Labute approximate surface area is 123 Å². The third kappa shape index (κ3) is 5.54. The quantitative estimate of drug-likeness (QED) is 0.560. The molecule has 1 aromatic rings. The number of benzene rings is 1. The van der Waals surface area contributed by atoms with Gasteiger partial charge in [0.05, 0.1) is 6.61 Å². The lowest BCUT2D eigenvalue weighted by Crippen LogP contribution is -2.25. The van der Waals surface area contributed by atoms with Crippen LogP contribution in [0.4, 0.5) is 0 Å². The normalized spacial score (nSPS) is 13.5. The van der Waals surface area contributed by atoms with Crippen molar-refractivity contribution in [3.05, 3.63) is 35.9 Å². The van der Waals surface area contributed by atoms with Gasteiger partial charge in [0.25, 0.3) is 0 Å². The van der Waals surface area contributed by atoms with Gasteiger partial charge in [0.1, 0.15) is 0 Å².